The quantitative estimate of drug-likeness (QED) is 0.671. The van der Waals surface area contributed by atoms with E-state index in [1.165, 1.54) is 22.9 Å². The molecule has 9 nitrogen and oxygen atoms in total. The normalized spacial score (nSPS) is 19.8. The molecule has 2 saturated heterocycles. The SMILES string of the molecule is CC(=O)NC[C@H]1CN(c2ccc(N3CCNN(C(=O)CCl)CC3)c(F)c2)C(=O)O1. The zero-order valence-corrected chi connectivity index (χ0v) is 16.7. The molecule has 0 aromatic heterocycles. The average Bonchev–Trinajstić information content (AvgIpc) is 2.90. The van der Waals surface area contributed by atoms with Crippen molar-refractivity contribution < 1.29 is 23.5 Å². The number of amides is 3. The lowest BCUT2D eigenvalue weighted by Crippen LogP contribution is -2.44. The van der Waals surface area contributed by atoms with Gasteiger partial charge >= 0.3 is 6.09 Å². The Balaban J connectivity index is 1.66. The predicted molar refractivity (Wildman–Crippen MR) is 105 cm³/mol. The van der Waals surface area contributed by atoms with E-state index in [4.69, 9.17) is 16.3 Å². The summed E-state index contributed by atoms with van der Waals surface area (Å²) in [5, 5.41) is 4.04. The van der Waals surface area contributed by atoms with E-state index < -0.39 is 18.0 Å². The number of benzene rings is 1. The molecule has 29 heavy (non-hydrogen) atoms. The number of ether oxygens (including phenoxy) is 1. The van der Waals surface area contributed by atoms with Gasteiger partial charge in [0, 0.05) is 26.6 Å². The van der Waals surface area contributed by atoms with Gasteiger partial charge in [-0.05, 0) is 18.2 Å². The van der Waals surface area contributed by atoms with Crippen LogP contribution in [0.5, 0.6) is 0 Å². The molecule has 0 bridgehead atoms. The standard InChI is InChI=1S/C18H23ClFN5O4/c1-12(26)21-10-14-11-24(18(28)29-14)13-2-3-16(15(20)8-13)23-5-4-22-25(7-6-23)17(27)9-19/h2-3,8,14,22H,4-7,9-11H2,1H3,(H,21,26)/t14-/m0/s1. The van der Waals surface area contributed by atoms with Gasteiger partial charge in [-0.1, -0.05) is 0 Å². The van der Waals surface area contributed by atoms with Gasteiger partial charge < -0.3 is 15.0 Å². The molecule has 0 saturated carbocycles. The van der Waals surface area contributed by atoms with E-state index >= 15 is 0 Å². The van der Waals surface area contributed by atoms with Crippen LogP contribution in [0.15, 0.2) is 18.2 Å². The number of anilines is 2. The van der Waals surface area contributed by atoms with E-state index in [-0.39, 0.29) is 30.8 Å². The molecule has 0 radical (unpaired) electrons. The molecule has 0 aliphatic carbocycles. The number of carbonyl (C=O) groups is 3. The molecule has 1 atom stereocenters. The summed E-state index contributed by atoms with van der Waals surface area (Å²) in [6.45, 7) is 3.59. The lowest BCUT2D eigenvalue weighted by Gasteiger charge is -2.24. The fraction of sp³-hybridized carbons (Fsp3) is 0.500. The van der Waals surface area contributed by atoms with Crippen molar-refractivity contribution in [3.05, 3.63) is 24.0 Å². The number of nitrogens with one attached hydrogen (secondary N) is 2. The summed E-state index contributed by atoms with van der Waals surface area (Å²) in [6.07, 6.45) is -1.07. The van der Waals surface area contributed by atoms with Crippen molar-refractivity contribution >= 4 is 40.9 Å². The molecule has 1 aromatic rings. The first-order valence-electron chi connectivity index (χ1n) is 9.26. The van der Waals surface area contributed by atoms with Crippen molar-refractivity contribution in [2.75, 3.05) is 54.9 Å². The molecule has 1 aromatic carbocycles. The van der Waals surface area contributed by atoms with E-state index in [9.17, 15) is 18.8 Å². The molecule has 2 heterocycles. The van der Waals surface area contributed by atoms with Crippen LogP contribution < -0.4 is 20.5 Å². The number of hydrazine groups is 1. The van der Waals surface area contributed by atoms with E-state index in [1.54, 1.807) is 12.1 Å². The molecule has 3 rings (SSSR count). The number of cyclic esters (lactones) is 1. The Kier molecular flexibility index (Phi) is 6.75. The van der Waals surface area contributed by atoms with Crippen molar-refractivity contribution in [1.29, 1.82) is 0 Å². The van der Waals surface area contributed by atoms with E-state index in [1.807, 2.05) is 4.90 Å². The predicted octanol–water partition coefficient (Wildman–Crippen LogP) is 0.679. The maximum atomic E-state index is 14.8. The summed E-state index contributed by atoms with van der Waals surface area (Å²) >= 11 is 5.59. The second-order valence-electron chi connectivity index (χ2n) is 6.76. The van der Waals surface area contributed by atoms with E-state index in [0.29, 0.717) is 37.6 Å². The van der Waals surface area contributed by atoms with Gasteiger partial charge in [0.25, 0.3) is 5.91 Å². The highest BCUT2D eigenvalue weighted by atomic mass is 35.5. The van der Waals surface area contributed by atoms with Gasteiger partial charge in [-0.3, -0.25) is 19.5 Å². The highest BCUT2D eigenvalue weighted by molar-refractivity contribution is 6.27. The zero-order chi connectivity index (χ0) is 21.0. The highest BCUT2D eigenvalue weighted by Gasteiger charge is 2.33. The number of hydrogen-bond acceptors (Lipinski definition) is 6. The van der Waals surface area contributed by atoms with Crippen LogP contribution in [0.4, 0.5) is 20.6 Å². The zero-order valence-electron chi connectivity index (χ0n) is 16.0. The minimum Gasteiger partial charge on any atom is -0.442 e. The smallest absolute Gasteiger partial charge is 0.414 e. The Morgan fingerprint density at radius 1 is 1.34 bits per heavy atom. The van der Waals surface area contributed by atoms with Crippen LogP contribution in [-0.4, -0.2) is 74.2 Å². The topological polar surface area (TPSA) is 94.2 Å². The minimum atomic E-state index is -0.582. The Labute approximate surface area is 172 Å². The maximum absolute atomic E-state index is 14.8. The summed E-state index contributed by atoms with van der Waals surface area (Å²) in [5.41, 5.74) is 3.74. The van der Waals surface area contributed by atoms with Crippen molar-refractivity contribution in [2.24, 2.45) is 0 Å². The van der Waals surface area contributed by atoms with Gasteiger partial charge in [-0.15, -0.1) is 11.6 Å². The molecule has 0 unspecified atom stereocenters. The third-order valence-electron chi connectivity index (χ3n) is 4.73. The van der Waals surface area contributed by atoms with Crippen molar-refractivity contribution in [1.82, 2.24) is 15.8 Å². The van der Waals surface area contributed by atoms with Crippen LogP contribution in [-0.2, 0) is 14.3 Å². The second kappa shape index (κ2) is 9.27. The Morgan fingerprint density at radius 3 is 2.83 bits per heavy atom. The Bertz CT molecular complexity index is 796. The Morgan fingerprint density at radius 2 is 2.14 bits per heavy atom. The first kappa shape index (κ1) is 21.1. The number of nitrogens with zero attached hydrogens (tertiary/aromatic N) is 3. The monoisotopic (exact) mass is 427 g/mol. The number of hydrogen-bond donors (Lipinski definition) is 2. The maximum Gasteiger partial charge on any atom is 0.414 e. The molecule has 3 amide bonds. The lowest BCUT2D eigenvalue weighted by molar-refractivity contribution is -0.131. The molecular weight excluding hydrogens is 405 g/mol. The summed E-state index contributed by atoms with van der Waals surface area (Å²) in [5.74, 6) is -1.04. The number of rotatable bonds is 5. The van der Waals surface area contributed by atoms with Crippen LogP contribution in [0.1, 0.15) is 6.92 Å². The highest BCUT2D eigenvalue weighted by Crippen LogP contribution is 2.28. The molecule has 0 spiro atoms. The molecular formula is C18H23ClFN5O4. The van der Waals surface area contributed by atoms with E-state index in [2.05, 4.69) is 10.7 Å². The fourth-order valence-electron chi connectivity index (χ4n) is 3.27. The van der Waals surface area contributed by atoms with Crippen molar-refractivity contribution in [3.63, 3.8) is 0 Å². The van der Waals surface area contributed by atoms with Gasteiger partial charge in [0.15, 0.2) is 0 Å². The first-order valence-corrected chi connectivity index (χ1v) is 9.79. The van der Waals surface area contributed by atoms with Gasteiger partial charge in [0.2, 0.25) is 5.91 Å². The molecule has 2 aliphatic heterocycles. The minimum absolute atomic E-state index is 0.120. The lowest BCUT2D eigenvalue weighted by atomic mass is 10.2. The molecule has 2 aliphatic rings. The van der Waals surface area contributed by atoms with Crippen LogP contribution in [0.25, 0.3) is 0 Å². The molecule has 11 heteroatoms. The van der Waals surface area contributed by atoms with E-state index in [0.717, 1.165) is 0 Å². The second-order valence-corrected chi connectivity index (χ2v) is 7.03. The van der Waals surface area contributed by atoms with Gasteiger partial charge in [-0.2, -0.15) is 0 Å². The third kappa shape index (κ3) is 5.07. The molecule has 158 valence electrons. The Hall–Kier alpha value is -2.59. The average molecular weight is 428 g/mol. The summed E-state index contributed by atoms with van der Waals surface area (Å²) in [6, 6.07) is 4.55. The molecule has 2 fully saturated rings. The largest absolute Gasteiger partial charge is 0.442 e. The van der Waals surface area contributed by atoms with Crippen LogP contribution in [0.3, 0.4) is 0 Å². The van der Waals surface area contributed by atoms with Crippen molar-refractivity contribution in [2.45, 2.75) is 13.0 Å². The summed E-state index contributed by atoms with van der Waals surface area (Å²) in [4.78, 5) is 38.0. The number of halogens is 2. The van der Waals surface area contributed by atoms with Gasteiger partial charge in [-0.25, -0.2) is 14.6 Å². The third-order valence-corrected chi connectivity index (χ3v) is 4.96. The summed E-state index contributed by atoms with van der Waals surface area (Å²) in [7, 11) is 0. The van der Waals surface area contributed by atoms with Crippen molar-refractivity contribution in [3.8, 4) is 0 Å². The van der Waals surface area contributed by atoms with Gasteiger partial charge in [0.05, 0.1) is 31.0 Å². The fourth-order valence-corrected chi connectivity index (χ4v) is 3.42. The summed E-state index contributed by atoms with van der Waals surface area (Å²) < 4.78 is 20.0. The molecule has 2 N–H and O–H groups in total. The first-order chi connectivity index (χ1) is 13.9. The van der Waals surface area contributed by atoms with Gasteiger partial charge in [0.1, 0.15) is 17.8 Å². The van der Waals surface area contributed by atoms with Crippen LogP contribution in [0.2, 0.25) is 0 Å². The van der Waals surface area contributed by atoms with Crippen LogP contribution in [0, 0.1) is 5.82 Å². The number of carbonyl (C=O) groups excluding carboxylic acids is 3. The number of alkyl halides is 1. The van der Waals surface area contributed by atoms with Crippen LogP contribution >= 0.6 is 11.6 Å².